The van der Waals surface area contributed by atoms with Gasteiger partial charge in [0.05, 0.1) is 29.4 Å². The van der Waals surface area contributed by atoms with E-state index in [4.69, 9.17) is 9.63 Å². The van der Waals surface area contributed by atoms with Crippen molar-refractivity contribution in [3.8, 4) is 0 Å². The van der Waals surface area contributed by atoms with Gasteiger partial charge in [0, 0.05) is 24.6 Å². The average Bonchev–Trinajstić information content (AvgIpc) is 3.30. The first-order valence-electron chi connectivity index (χ1n) is 7.37. The SMILES string of the molecule is O=[N+]([O-])c1ccc(NCCO)c(NCc2nc(C3CC3)no2)c1. The molecule has 0 spiro atoms. The molecule has 0 saturated heterocycles. The molecular formula is C14H17N5O4. The zero-order valence-corrected chi connectivity index (χ0v) is 12.4. The van der Waals surface area contributed by atoms with Crippen molar-refractivity contribution >= 4 is 17.1 Å². The zero-order valence-electron chi connectivity index (χ0n) is 12.4. The first-order chi connectivity index (χ1) is 11.2. The Hall–Kier alpha value is -2.68. The van der Waals surface area contributed by atoms with E-state index in [0.29, 0.717) is 29.7 Å². The van der Waals surface area contributed by atoms with Gasteiger partial charge in [-0.2, -0.15) is 4.98 Å². The van der Waals surface area contributed by atoms with Crippen LogP contribution in [0.5, 0.6) is 0 Å². The number of hydrogen-bond donors (Lipinski definition) is 3. The van der Waals surface area contributed by atoms with E-state index in [1.807, 2.05) is 0 Å². The van der Waals surface area contributed by atoms with E-state index < -0.39 is 4.92 Å². The number of anilines is 2. The van der Waals surface area contributed by atoms with Crippen molar-refractivity contribution in [2.75, 3.05) is 23.8 Å². The normalized spacial score (nSPS) is 13.8. The second-order valence-electron chi connectivity index (χ2n) is 5.31. The number of benzene rings is 1. The molecular weight excluding hydrogens is 302 g/mol. The fourth-order valence-corrected chi connectivity index (χ4v) is 2.15. The molecule has 0 bridgehead atoms. The van der Waals surface area contributed by atoms with Gasteiger partial charge in [0.15, 0.2) is 5.82 Å². The van der Waals surface area contributed by atoms with E-state index in [1.54, 1.807) is 6.07 Å². The number of rotatable bonds is 8. The maximum absolute atomic E-state index is 10.9. The molecule has 0 amide bonds. The Morgan fingerprint density at radius 3 is 2.87 bits per heavy atom. The van der Waals surface area contributed by atoms with E-state index in [-0.39, 0.29) is 18.8 Å². The molecule has 0 atom stereocenters. The minimum atomic E-state index is -0.459. The maximum Gasteiger partial charge on any atom is 0.271 e. The number of nitro benzene ring substituents is 1. The van der Waals surface area contributed by atoms with Gasteiger partial charge in [0.1, 0.15) is 0 Å². The first kappa shape index (κ1) is 15.2. The van der Waals surface area contributed by atoms with Crippen LogP contribution in [0.3, 0.4) is 0 Å². The average molecular weight is 319 g/mol. The van der Waals surface area contributed by atoms with E-state index in [0.717, 1.165) is 18.7 Å². The summed E-state index contributed by atoms with van der Waals surface area (Å²) in [5, 5.41) is 29.8. The maximum atomic E-state index is 10.9. The molecule has 1 aromatic carbocycles. The van der Waals surface area contributed by atoms with Crippen molar-refractivity contribution in [1.29, 1.82) is 0 Å². The largest absolute Gasteiger partial charge is 0.395 e. The standard InChI is InChI=1S/C14H17N5O4/c20-6-5-15-11-4-3-10(19(21)22)7-12(11)16-8-13-17-14(18-23-13)9-1-2-9/h3-4,7,9,15-16,20H,1-2,5-6,8H2. The summed E-state index contributed by atoms with van der Waals surface area (Å²) in [5.74, 6) is 1.57. The van der Waals surface area contributed by atoms with Gasteiger partial charge in [-0.3, -0.25) is 10.1 Å². The summed E-state index contributed by atoms with van der Waals surface area (Å²) in [6.45, 7) is 0.582. The molecule has 9 nitrogen and oxygen atoms in total. The predicted octanol–water partition coefficient (Wildman–Crippen LogP) is 1.87. The Bertz CT molecular complexity index is 698. The van der Waals surface area contributed by atoms with Crippen molar-refractivity contribution in [3.05, 3.63) is 40.0 Å². The van der Waals surface area contributed by atoms with Crippen molar-refractivity contribution in [1.82, 2.24) is 10.1 Å². The number of non-ortho nitro benzene ring substituents is 1. The van der Waals surface area contributed by atoms with Crippen LogP contribution in [0.25, 0.3) is 0 Å². The molecule has 3 rings (SSSR count). The number of hydrogen-bond acceptors (Lipinski definition) is 8. The summed E-state index contributed by atoms with van der Waals surface area (Å²) in [5.41, 5.74) is 1.18. The van der Waals surface area contributed by atoms with E-state index in [1.165, 1.54) is 12.1 Å². The highest BCUT2D eigenvalue weighted by molar-refractivity contribution is 5.71. The molecule has 9 heteroatoms. The van der Waals surface area contributed by atoms with Gasteiger partial charge >= 0.3 is 0 Å². The molecule has 3 N–H and O–H groups in total. The van der Waals surface area contributed by atoms with Gasteiger partial charge in [-0.1, -0.05) is 5.16 Å². The summed E-state index contributed by atoms with van der Waals surface area (Å²) in [4.78, 5) is 14.8. The Balaban J connectivity index is 1.72. The van der Waals surface area contributed by atoms with Crippen molar-refractivity contribution in [2.45, 2.75) is 25.3 Å². The number of nitrogens with one attached hydrogen (secondary N) is 2. The Kier molecular flexibility index (Phi) is 4.38. The highest BCUT2D eigenvalue weighted by Crippen LogP contribution is 2.38. The highest BCUT2D eigenvalue weighted by atomic mass is 16.6. The first-order valence-corrected chi connectivity index (χ1v) is 7.37. The Morgan fingerprint density at radius 2 is 2.17 bits per heavy atom. The van der Waals surface area contributed by atoms with E-state index in [9.17, 15) is 10.1 Å². The topological polar surface area (TPSA) is 126 Å². The number of nitrogens with zero attached hydrogens (tertiary/aromatic N) is 3. The number of nitro groups is 1. The van der Waals surface area contributed by atoms with Crippen molar-refractivity contribution < 1.29 is 14.6 Å². The second kappa shape index (κ2) is 6.61. The third-order valence-corrected chi connectivity index (χ3v) is 3.50. The molecule has 1 saturated carbocycles. The Labute approximate surface area is 131 Å². The Morgan fingerprint density at radius 1 is 1.35 bits per heavy atom. The second-order valence-corrected chi connectivity index (χ2v) is 5.31. The quantitative estimate of drug-likeness (QED) is 0.497. The van der Waals surface area contributed by atoms with Gasteiger partial charge in [-0.15, -0.1) is 0 Å². The summed E-state index contributed by atoms with van der Waals surface area (Å²) >= 11 is 0. The third kappa shape index (κ3) is 3.75. The van der Waals surface area contributed by atoms with E-state index >= 15 is 0 Å². The fourth-order valence-electron chi connectivity index (χ4n) is 2.15. The number of aromatic nitrogens is 2. The molecule has 1 aliphatic rings. The summed E-state index contributed by atoms with van der Waals surface area (Å²) < 4.78 is 5.17. The van der Waals surface area contributed by atoms with Crippen molar-refractivity contribution in [2.24, 2.45) is 0 Å². The van der Waals surface area contributed by atoms with Gasteiger partial charge in [-0.05, 0) is 18.9 Å². The number of aliphatic hydroxyl groups is 1. The summed E-state index contributed by atoms with van der Waals surface area (Å²) in [7, 11) is 0. The van der Waals surface area contributed by atoms with Crippen LogP contribution >= 0.6 is 0 Å². The summed E-state index contributed by atoms with van der Waals surface area (Å²) in [6.07, 6.45) is 2.18. The van der Waals surface area contributed by atoms with Crippen LogP contribution in [0.4, 0.5) is 17.1 Å². The lowest BCUT2D eigenvalue weighted by Crippen LogP contribution is -2.09. The minimum absolute atomic E-state index is 0.0220. The lowest BCUT2D eigenvalue weighted by Gasteiger charge is -2.12. The monoisotopic (exact) mass is 319 g/mol. The molecule has 122 valence electrons. The van der Waals surface area contributed by atoms with Gasteiger partial charge in [0.25, 0.3) is 5.69 Å². The number of aliphatic hydroxyl groups excluding tert-OH is 1. The molecule has 1 heterocycles. The smallest absolute Gasteiger partial charge is 0.271 e. The van der Waals surface area contributed by atoms with Gasteiger partial charge in [0.2, 0.25) is 5.89 Å². The van der Waals surface area contributed by atoms with E-state index in [2.05, 4.69) is 20.8 Å². The highest BCUT2D eigenvalue weighted by Gasteiger charge is 2.28. The molecule has 1 fully saturated rings. The van der Waals surface area contributed by atoms with Crippen LogP contribution in [0.1, 0.15) is 30.5 Å². The molecule has 1 aromatic heterocycles. The molecule has 0 unspecified atom stereocenters. The van der Waals surface area contributed by atoms with Crippen molar-refractivity contribution in [3.63, 3.8) is 0 Å². The van der Waals surface area contributed by atoms with Gasteiger partial charge in [-0.25, -0.2) is 0 Å². The van der Waals surface area contributed by atoms with Crippen LogP contribution in [0.2, 0.25) is 0 Å². The van der Waals surface area contributed by atoms with Gasteiger partial charge < -0.3 is 20.3 Å². The van der Waals surface area contributed by atoms with Crippen LogP contribution in [-0.4, -0.2) is 33.3 Å². The lowest BCUT2D eigenvalue weighted by molar-refractivity contribution is -0.384. The third-order valence-electron chi connectivity index (χ3n) is 3.50. The minimum Gasteiger partial charge on any atom is -0.395 e. The van der Waals surface area contributed by atoms with Crippen LogP contribution in [-0.2, 0) is 6.54 Å². The lowest BCUT2D eigenvalue weighted by atomic mass is 10.2. The zero-order chi connectivity index (χ0) is 16.2. The van der Waals surface area contributed by atoms with Crippen LogP contribution in [0.15, 0.2) is 22.7 Å². The molecule has 2 aromatic rings. The molecule has 0 radical (unpaired) electrons. The fraction of sp³-hybridized carbons (Fsp3) is 0.429. The predicted molar refractivity (Wildman–Crippen MR) is 82.3 cm³/mol. The molecule has 0 aliphatic heterocycles. The van der Waals surface area contributed by atoms with Crippen LogP contribution < -0.4 is 10.6 Å². The summed E-state index contributed by atoms with van der Waals surface area (Å²) in [6, 6.07) is 4.43. The van der Waals surface area contributed by atoms with Crippen LogP contribution in [0, 0.1) is 10.1 Å². The molecule has 23 heavy (non-hydrogen) atoms. The molecule has 1 aliphatic carbocycles.